The number of halogens is 2. The van der Waals surface area contributed by atoms with Crippen LogP contribution in [-0.2, 0) is 26.2 Å². The van der Waals surface area contributed by atoms with Crippen LogP contribution in [-0.4, -0.2) is 51.4 Å². The number of ether oxygens (including phenoxy) is 1. The van der Waals surface area contributed by atoms with Crippen molar-refractivity contribution in [1.82, 2.24) is 10.2 Å². The third-order valence-corrected chi connectivity index (χ3v) is 9.33. The van der Waals surface area contributed by atoms with Crippen molar-refractivity contribution in [2.45, 2.75) is 57.5 Å². The van der Waals surface area contributed by atoms with Crippen LogP contribution in [0.4, 0.5) is 5.69 Å². The molecule has 0 fully saturated rings. The van der Waals surface area contributed by atoms with Crippen molar-refractivity contribution in [2.24, 2.45) is 0 Å². The number of amides is 2. The molecule has 0 saturated heterocycles. The minimum Gasteiger partial charge on any atom is -0.497 e. The maximum Gasteiger partial charge on any atom is 0.264 e. The first-order chi connectivity index (χ1) is 20.0. The lowest BCUT2D eigenvalue weighted by molar-refractivity contribution is -0.140. The molecule has 3 aromatic carbocycles. The zero-order valence-corrected chi connectivity index (χ0v) is 26.6. The normalized spacial score (nSPS) is 12.0. The van der Waals surface area contributed by atoms with Crippen molar-refractivity contribution in [3.05, 3.63) is 87.9 Å². The molecular weight excluding hydrogens is 597 g/mol. The largest absolute Gasteiger partial charge is 0.497 e. The number of nitrogens with one attached hydrogen (secondary N) is 1. The lowest BCUT2D eigenvalue weighted by atomic mass is 10.1. The second kappa shape index (κ2) is 15.3. The molecule has 0 aliphatic heterocycles. The van der Waals surface area contributed by atoms with E-state index < -0.39 is 28.5 Å². The Bertz CT molecular complexity index is 1460. The number of anilines is 1. The topological polar surface area (TPSA) is 96.0 Å². The summed E-state index contributed by atoms with van der Waals surface area (Å²) in [5.74, 6) is -0.198. The molecule has 0 spiro atoms. The van der Waals surface area contributed by atoms with Gasteiger partial charge in [0.15, 0.2) is 0 Å². The van der Waals surface area contributed by atoms with Gasteiger partial charge < -0.3 is 15.0 Å². The molecule has 0 heterocycles. The van der Waals surface area contributed by atoms with Crippen molar-refractivity contribution in [1.29, 1.82) is 0 Å². The Hall–Kier alpha value is -3.27. The monoisotopic (exact) mass is 633 g/mol. The number of carbonyl (C=O) groups excluding carboxylic acids is 2. The van der Waals surface area contributed by atoms with Crippen LogP contribution < -0.4 is 14.4 Å². The molecule has 0 aliphatic carbocycles. The van der Waals surface area contributed by atoms with Gasteiger partial charge in [0.2, 0.25) is 11.8 Å². The van der Waals surface area contributed by atoms with Gasteiger partial charge in [-0.1, -0.05) is 73.3 Å². The van der Waals surface area contributed by atoms with Gasteiger partial charge in [-0.05, 0) is 67.8 Å². The van der Waals surface area contributed by atoms with Gasteiger partial charge in [-0.2, -0.15) is 0 Å². The van der Waals surface area contributed by atoms with E-state index in [9.17, 15) is 18.0 Å². The molecule has 42 heavy (non-hydrogen) atoms. The third kappa shape index (κ3) is 8.40. The Balaban J connectivity index is 2.05. The minimum atomic E-state index is -4.21. The number of sulfonamides is 1. The first kappa shape index (κ1) is 33.2. The summed E-state index contributed by atoms with van der Waals surface area (Å²) in [7, 11) is -2.65. The maximum atomic E-state index is 14.1. The van der Waals surface area contributed by atoms with Crippen molar-refractivity contribution >= 4 is 50.7 Å². The summed E-state index contributed by atoms with van der Waals surface area (Å²) in [6.45, 7) is 5.69. The fourth-order valence-electron chi connectivity index (χ4n) is 4.36. The van der Waals surface area contributed by atoms with E-state index in [0.717, 1.165) is 28.3 Å². The number of nitrogens with zero attached hydrogens (tertiary/aromatic N) is 2. The first-order valence-electron chi connectivity index (χ1n) is 13.8. The van der Waals surface area contributed by atoms with Crippen LogP contribution in [0.2, 0.25) is 10.0 Å². The van der Waals surface area contributed by atoms with Crippen LogP contribution in [0, 0.1) is 6.92 Å². The summed E-state index contributed by atoms with van der Waals surface area (Å²) in [5.41, 5.74) is 1.81. The molecule has 0 bridgehead atoms. The van der Waals surface area contributed by atoms with Crippen LogP contribution in [0.5, 0.6) is 5.75 Å². The molecule has 0 radical (unpaired) electrons. The summed E-state index contributed by atoms with van der Waals surface area (Å²) >= 11 is 12.4. The van der Waals surface area contributed by atoms with E-state index >= 15 is 0 Å². The second-order valence-electron chi connectivity index (χ2n) is 9.86. The number of carbonyl (C=O) groups is 2. The molecule has 11 heteroatoms. The Morgan fingerprint density at radius 1 is 0.952 bits per heavy atom. The summed E-state index contributed by atoms with van der Waals surface area (Å²) in [5, 5.41) is 3.30. The molecule has 226 valence electrons. The van der Waals surface area contributed by atoms with Crippen molar-refractivity contribution in [3.63, 3.8) is 0 Å². The lowest BCUT2D eigenvalue weighted by Gasteiger charge is -2.33. The SMILES string of the molecule is CCCCNC(=O)[C@H](CC)N(Cc1ccc(OC)cc1)C(=O)CN(c1ccc(Cl)c(Cl)c1)S(=O)(=O)c1ccc(C)cc1. The Morgan fingerprint density at radius 3 is 2.19 bits per heavy atom. The summed E-state index contributed by atoms with van der Waals surface area (Å²) in [6.07, 6.45) is 2.03. The average Bonchev–Trinajstić information content (AvgIpc) is 2.97. The molecule has 2 amide bonds. The highest BCUT2D eigenvalue weighted by Crippen LogP contribution is 2.31. The van der Waals surface area contributed by atoms with E-state index in [-0.39, 0.29) is 33.1 Å². The number of aryl methyl sites for hydroxylation is 1. The molecular formula is C31H37Cl2N3O5S. The molecule has 3 rings (SSSR count). The van der Waals surface area contributed by atoms with Crippen molar-refractivity contribution < 1.29 is 22.7 Å². The van der Waals surface area contributed by atoms with Gasteiger partial charge in [-0.25, -0.2) is 8.42 Å². The van der Waals surface area contributed by atoms with Crippen LogP contribution in [0.25, 0.3) is 0 Å². The number of rotatable bonds is 14. The van der Waals surface area contributed by atoms with Crippen LogP contribution in [0.1, 0.15) is 44.2 Å². The predicted molar refractivity (Wildman–Crippen MR) is 168 cm³/mol. The summed E-state index contributed by atoms with van der Waals surface area (Å²) < 4.78 is 34.2. The number of unbranched alkanes of at least 4 members (excludes halogenated alkanes) is 1. The molecule has 8 nitrogen and oxygen atoms in total. The molecule has 0 saturated carbocycles. The molecule has 3 aromatic rings. The van der Waals surface area contributed by atoms with Crippen LogP contribution >= 0.6 is 23.2 Å². The van der Waals surface area contributed by atoms with Gasteiger partial charge in [-0.3, -0.25) is 13.9 Å². The molecule has 0 aromatic heterocycles. The van der Waals surface area contributed by atoms with Crippen LogP contribution in [0.15, 0.2) is 71.6 Å². The molecule has 0 unspecified atom stereocenters. The standard InChI is InChI=1S/C31H37Cl2N3O5S/c1-5-7-18-34-31(38)29(6-2)35(20-23-10-13-25(41-4)14-11-23)30(37)21-36(24-12-17-27(32)28(33)19-24)42(39,40)26-15-8-22(3)9-16-26/h8-17,19,29H,5-7,18,20-21H2,1-4H3,(H,34,38)/t29-/m0/s1. The summed E-state index contributed by atoms with van der Waals surface area (Å²) in [4.78, 5) is 28.9. The quantitative estimate of drug-likeness (QED) is 0.212. The Kier molecular flexibility index (Phi) is 12.1. The zero-order chi connectivity index (χ0) is 30.9. The maximum absolute atomic E-state index is 14.1. The number of hydrogen-bond donors (Lipinski definition) is 1. The van der Waals surface area contributed by atoms with E-state index in [0.29, 0.717) is 18.7 Å². The zero-order valence-electron chi connectivity index (χ0n) is 24.3. The van der Waals surface area contributed by atoms with Gasteiger partial charge in [0.1, 0.15) is 18.3 Å². The highest BCUT2D eigenvalue weighted by atomic mass is 35.5. The number of hydrogen-bond acceptors (Lipinski definition) is 5. The van der Waals surface area contributed by atoms with Gasteiger partial charge in [0.05, 0.1) is 27.7 Å². The summed E-state index contributed by atoms with van der Waals surface area (Å²) in [6, 6.07) is 17.1. The van der Waals surface area contributed by atoms with Gasteiger partial charge in [0, 0.05) is 13.1 Å². The van der Waals surface area contributed by atoms with Crippen molar-refractivity contribution in [2.75, 3.05) is 24.5 Å². The predicted octanol–water partition coefficient (Wildman–Crippen LogP) is 6.23. The van der Waals surface area contributed by atoms with Gasteiger partial charge in [0.25, 0.3) is 10.0 Å². The van der Waals surface area contributed by atoms with Crippen LogP contribution in [0.3, 0.4) is 0 Å². The highest BCUT2D eigenvalue weighted by molar-refractivity contribution is 7.92. The fourth-order valence-corrected chi connectivity index (χ4v) is 6.06. The van der Waals surface area contributed by atoms with Crippen molar-refractivity contribution in [3.8, 4) is 5.75 Å². The Morgan fingerprint density at radius 2 is 1.62 bits per heavy atom. The lowest BCUT2D eigenvalue weighted by Crippen LogP contribution is -2.52. The van der Waals surface area contributed by atoms with E-state index in [1.165, 1.54) is 35.2 Å². The first-order valence-corrected chi connectivity index (χ1v) is 16.0. The van der Waals surface area contributed by atoms with E-state index in [2.05, 4.69) is 5.32 Å². The Labute approximate surface area is 258 Å². The van der Waals surface area contributed by atoms with E-state index in [4.69, 9.17) is 27.9 Å². The highest BCUT2D eigenvalue weighted by Gasteiger charge is 2.33. The van der Waals surface area contributed by atoms with Gasteiger partial charge >= 0.3 is 0 Å². The average molecular weight is 635 g/mol. The molecule has 1 N–H and O–H groups in total. The van der Waals surface area contributed by atoms with Gasteiger partial charge in [-0.15, -0.1) is 0 Å². The number of benzene rings is 3. The fraction of sp³-hybridized carbons (Fsp3) is 0.355. The molecule has 1 atom stereocenters. The number of methoxy groups -OCH3 is 1. The minimum absolute atomic E-state index is 0.0121. The molecule has 0 aliphatic rings. The van der Waals surface area contributed by atoms with E-state index in [1.54, 1.807) is 43.5 Å². The van der Waals surface area contributed by atoms with E-state index in [1.807, 2.05) is 20.8 Å². The third-order valence-electron chi connectivity index (χ3n) is 6.81. The second-order valence-corrected chi connectivity index (χ2v) is 12.5. The smallest absolute Gasteiger partial charge is 0.264 e.